The molecular weight excluding hydrogens is 921 g/mol. The number of hydrogen-bond donors (Lipinski definition) is 7. The van der Waals surface area contributed by atoms with Gasteiger partial charge in [-0.1, -0.05) is 12.1 Å². The van der Waals surface area contributed by atoms with Crippen LogP contribution in [-0.2, 0) is 54.8 Å². The number of fused-ring (bicyclic) bond motifs is 1. The second-order valence-corrected chi connectivity index (χ2v) is 20.1. The van der Waals surface area contributed by atoms with Crippen LogP contribution in [0.25, 0.3) is 10.8 Å². The number of anilines is 6. The van der Waals surface area contributed by atoms with Gasteiger partial charge in [0.1, 0.15) is 9.79 Å². The molecule has 0 spiro atoms. The summed E-state index contributed by atoms with van der Waals surface area (Å²) >= 11 is 0. The first-order valence-corrected chi connectivity index (χ1v) is 24.3. The van der Waals surface area contributed by atoms with Crippen LogP contribution in [0.2, 0.25) is 0 Å². The fourth-order valence-corrected chi connectivity index (χ4v) is 8.91. The molecule has 0 aliphatic carbocycles. The first-order valence-electron chi connectivity index (χ1n) is 17.0. The summed E-state index contributed by atoms with van der Waals surface area (Å²) in [4.78, 5) is 11.2. The molecule has 0 bridgehead atoms. The number of rotatable bonds is 16. The highest BCUT2D eigenvalue weighted by Gasteiger charge is 2.22. The van der Waals surface area contributed by atoms with E-state index in [9.17, 15) is 55.7 Å². The monoisotopic (exact) mass is 950 g/mol. The van der Waals surface area contributed by atoms with Crippen LogP contribution in [0.15, 0.2) is 127 Å². The average Bonchev–Trinajstić information content (AvgIpc) is 3.15. The first-order chi connectivity index (χ1) is 28.8. The van der Waals surface area contributed by atoms with E-state index in [1.54, 1.807) is 19.1 Å². The lowest BCUT2D eigenvalue weighted by atomic mass is 10.1. The Bertz CT molecular complexity index is 3320. The van der Waals surface area contributed by atoms with Crippen molar-refractivity contribution in [3.63, 3.8) is 0 Å². The van der Waals surface area contributed by atoms with Crippen molar-refractivity contribution >= 4 is 108 Å². The molecule has 1 aromatic heterocycles. The highest BCUT2D eigenvalue weighted by atomic mass is 32.3. The van der Waals surface area contributed by atoms with Gasteiger partial charge in [0.2, 0.25) is 17.8 Å². The minimum Gasteiger partial charge on any atom is -0.324 e. The highest BCUT2D eigenvalue weighted by molar-refractivity contribution is 7.91. The van der Waals surface area contributed by atoms with E-state index < -0.39 is 72.7 Å². The summed E-state index contributed by atoms with van der Waals surface area (Å²) in [6.45, 7) is 0.825. The molecule has 0 unspecified atom stereocenters. The molecule has 0 atom stereocenters. The molecule has 326 valence electrons. The standard InChI is InChI=1S/C34H30N8O15S5/c1-20-17-23(9-14-29(20)42-41-24-18-28-27(31(19-24)61(51,52)53)3-2-4-30(28)60(48,49)50)37-34-39-32(38-33(40-34)36-22-7-12-26(13-8-22)59(45,46)47)35-21-5-10-25(11-6-21)58(43,44)16-15-57-62(54,55)56/h2-14,17-19H,15-16H2,1H3,(H,45,46,47)(H,48,49,50)(H,51,52,53)(H,54,55,56)(H3,35,36,37,38,39,40). The number of nitrogens with one attached hydrogen (secondary N) is 3. The number of sulfone groups is 1. The SMILES string of the molecule is Cc1cc(Nc2nc(Nc3ccc(S(=O)(=O)O)cc3)nc(Nc3ccc(S(=O)(=O)CCOS(=O)(=O)O)cc3)n2)ccc1N=Nc1cc(S(=O)(=O)O)c2cccc(S(=O)(=O)O)c2c1. The zero-order valence-electron chi connectivity index (χ0n) is 31.2. The van der Waals surface area contributed by atoms with Crippen molar-refractivity contribution in [2.24, 2.45) is 10.2 Å². The summed E-state index contributed by atoms with van der Waals surface area (Å²) in [5, 5.41) is 16.6. The molecule has 28 heteroatoms. The van der Waals surface area contributed by atoms with Crippen molar-refractivity contribution < 1.29 is 64.5 Å². The Morgan fingerprint density at radius 2 is 1.06 bits per heavy atom. The number of azo groups is 1. The molecule has 0 fully saturated rings. The largest absolute Gasteiger partial charge is 0.397 e. The molecule has 6 aromatic rings. The van der Waals surface area contributed by atoms with E-state index in [2.05, 4.69) is 45.3 Å². The van der Waals surface area contributed by atoms with E-state index in [4.69, 9.17) is 4.55 Å². The van der Waals surface area contributed by atoms with Crippen molar-refractivity contribution in [3.05, 3.63) is 103 Å². The molecule has 6 rings (SSSR count). The van der Waals surface area contributed by atoms with Crippen LogP contribution in [0.4, 0.5) is 46.3 Å². The Labute approximate surface area is 353 Å². The lowest BCUT2D eigenvalue weighted by molar-refractivity contribution is 0.284. The highest BCUT2D eigenvalue weighted by Crippen LogP contribution is 2.34. The first kappa shape index (κ1) is 45.4. The van der Waals surface area contributed by atoms with Crippen LogP contribution in [-0.4, -0.2) is 87.6 Å². The Morgan fingerprint density at radius 1 is 0.548 bits per heavy atom. The van der Waals surface area contributed by atoms with Gasteiger partial charge in [0.25, 0.3) is 30.4 Å². The fraction of sp³-hybridized carbons (Fsp3) is 0.0882. The van der Waals surface area contributed by atoms with Gasteiger partial charge in [-0.2, -0.15) is 58.9 Å². The molecule has 7 N–H and O–H groups in total. The molecule has 0 radical (unpaired) electrons. The zero-order valence-corrected chi connectivity index (χ0v) is 35.3. The average molecular weight is 951 g/mol. The predicted molar refractivity (Wildman–Crippen MR) is 221 cm³/mol. The van der Waals surface area contributed by atoms with Crippen molar-refractivity contribution in [2.75, 3.05) is 28.3 Å². The molecular formula is C34H30N8O15S5. The van der Waals surface area contributed by atoms with Gasteiger partial charge in [0.05, 0.1) is 33.5 Å². The summed E-state index contributed by atoms with van der Waals surface area (Å²) in [6, 6.07) is 20.4. The molecule has 0 saturated heterocycles. The second kappa shape index (κ2) is 17.4. The molecule has 1 heterocycles. The van der Waals surface area contributed by atoms with Crippen LogP contribution < -0.4 is 16.0 Å². The maximum Gasteiger partial charge on any atom is 0.397 e. The van der Waals surface area contributed by atoms with Gasteiger partial charge in [0.15, 0.2) is 9.84 Å². The molecule has 0 amide bonds. The lowest BCUT2D eigenvalue weighted by Gasteiger charge is -2.13. The Kier molecular flexibility index (Phi) is 12.7. The van der Waals surface area contributed by atoms with Gasteiger partial charge in [-0.15, -0.1) is 0 Å². The van der Waals surface area contributed by atoms with Gasteiger partial charge in [-0.3, -0.25) is 18.2 Å². The topological polar surface area (TPSA) is 360 Å². The number of hydrogen-bond acceptors (Lipinski definition) is 19. The lowest BCUT2D eigenvalue weighted by Crippen LogP contribution is -2.15. The minimum absolute atomic E-state index is 0.0603. The van der Waals surface area contributed by atoms with Crippen molar-refractivity contribution in [1.29, 1.82) is 0 Å². The van der Waals surface area contributed by atoms with Gasteiger partial charge >= 0.3 is 10.4 Å². The summed E-state index contributed by atoms with van der Waals surface area (Å²) in [5.74, 6) is -0.985. The summed E-state index contributed by atoms with van der Waals surface area (Å²) in [6.07, 6.45) is 0. The number of aromatic nitrogens is 3. The van der Waals surface area contributed by atoms with Crippen LogP contribution in [0.5, 0.6) is 0 Å². The summed E-state index contributed by atoms with van der Waals surface area (Å²) in [5.41, 5.74) is 1.56. The van der Waals surface area contributed by atoms with Crippen molar-refractivity contribution in [2.45, 2.75) is 26.5 Å². The Hall–Kier alpha value is -6.08. The third-order valence-corrected chi connectivity index (χ3v) is 13.1. The van der Waals surface area contributed by atoms with E-state index >= 15 is 0 Å². The molecule has 0 aliphatic rings. The predicted octanol–water partition coefficient (Wildman–Crippen LogP) is 5.31. The smallest absolute Gasteiger partial charge is 0.324 e. The third-order valence-electron chi connectivity index (χ3n) is 8.28. The summed E-state index contributed by atoms with van der Waals surface area (Å²) in [7, 11) is -23.1. The quantitative estimate of drug-likeness (QED) is 0.0477. The van der Waals surface area contributed by atoms with Gasteiger partial charge in [-0.05, 0) is 97.4 Å². The normalized spacial score (nSPS) is 12.7. The van der Waals surface area contributed by atoms with Gasteiger partial charge in [0, 0.05) is 27.8 Å². The molecule has 23 nitrogen and oxygen atoms in total. The third kappa shape index (κ3) is 11.6. The van der Waals surface area contributed by atoms with Gasteiger partial charge in [-0.25, -0.2) is 12.6 Å². The molecule has 0 aliphatic heterocycles. The van der Waals surface area contributed by atoms with Crippen LogP contribution in [0, 0.1) is 6.92 Å². The van der Waals surface area contributed by atoms with Crippen LogP contribution in [0.3, 0.4) is 0 Å². The number of aryl methyl sites for hydroxylation is 1. The number of nitrogens with zero attached hydrogens (tertiary/aromatic N) is 5. The van der Waals surface area contributed by atoms with Gasteiger partial charge < -0.3 is 16.0 Å². The maximum atomic E-state index is 12.6. The Balaban J connectivity index is 1.28. The zero-order chi connectivity index (χ0) is 45.3. The minimum atomic E-state index is -4.89. The van der Waals surface area contributed by atoms with E-state index in [-0.39, 0.29) is 55.5 Å². The van der Waals surface area contributed by atoms with E-state index in [1.165, 1.54) is 60.7 Å². The molecule has 0 saturated carbocycles. The number of benzene rings is 5. The van der Waals surface area contributed by atoms with Crippen LogP contribution >= 0.6 is 0 Å². The van der Waals surface area contributed by atoms with Crippen LogP contribution in [0.1, 0.15) is 5.56 Å². The van der Waals surface area contributed by atoms with Crippen molar-refractivity contribution in [1.82, 2.24) is 15.0 Å². The Morgan fingerprint density at radius 3 is 1.56 bits per heavy atom. The van der Waals surface area contributed by atoms with E-state index in [0.29, 0.717) is 16.9 Å². The van der Waals surface area contributed by atoms with Crippen molar-refractivity contribution in [3.8, 4) is 0 Å². The fourth-order valence-electron chi connectivity index (χ4n) is 5.52. The molecule has 62 heavy (non-hydrogen) atoms. The molecule has 5 aromatic carbocycles. The van der Waals surface area contributed by atoms with E-state index in [1.807, 2.05) is 0 Å². The second-order valence-electron chi connectivity index (χ2n) is 12.7. The summed E-state index contributed by atoms with van der Waals surface area (Å²) < 4.78 is 160. The van der Waals surface area contributed by atoms with E-state index in [0.717, 1.165) is 24.3 Å². The maximum absolute atomic E-state index is 12.6.